The molecule has 20 heavy (non-hydrogen) atoms. The standard InChI is InChI=1S/C16H15N3O/c20-16-7-5-13(6-8-16)12-17-14-3-1-4-15(11-14)19-10-2-9-18-19/h1-11,17,20H,12H2. The van der Waals surface area contributed by atoms with Crippen molar-refractivity contribution in [1.29, 1.82) is 0 Å². The van der Waals surface area contributed by atoms with Crippen LogP contribution in [0.1, 0.15) is 5.56 Å². The number of rotatable bonds is 4. The average molecular weight is 265 g/mol. The highest BCUT2D eigenvalue weighted by molar-refractivity contribution is 5.51. The first kappa shape index (κ1) is 12.3. The summed E-state index contributed by atoms with van der Waals surface area (Å²) in [7, 11) is 0. The third kappa shape index (κ3) is 2.80. The molecule has 3 rings (SSSR count). The SMILES string of the molecule is Oc1ccc(CNc2cccc(-n3cccn3)c2)cc1. The highest BCUT2D eigenvalue weighted by Gasteiger charge is 1.99. The van der Waals surface area contributed by atoms with Crippen LogP contribution in [0.15, 0.2) is 67.0 Å². The van der Waals surface area contributed by atoms with Crippen molar-refractivity contribution < 1.29 is 5.11 Å². The zero-order valence-corrected chi connectivity index (χ0v) is 10.9. The average Bonchev–Trinajstić information content (AvgIpc) is 3.01. The molecule has 0 amide bonds. The summed E-state index contributed by atoms with van der Waals surface area (Å²) in [4.78, 5) is 0. The molecule has 0 aliphatic carbocycles. The third-order valence-electron chi connectivity index (χ3n) is 3.05. The molecule has 4 heteroatoms. The Morgan fingerprint density at radius 3 is 2.65 bits per heavy atom. The largest absolute Gasteiger partial charge is 0.508 e. The van der Waals surface area contributed by atoms with Crippen molar-refractivity contribution in [3.63, 3.8) is 0 Å². The van der Waals surface area contributed by atoms with Crippen LogP contribution in [-0.2, 0) is 6.54 Å². The van der Waals surface area contributed by atoms with Crippen molar-refractivity contribution in [2.75, 3.05) is 5.32 Å². The van der Waals surface area contributed by atoms with Gasteiger partial charge >= 0.3 is 0 Å². The molecule has 0 bridgehead atoms. The van der Waals surface area contributed by atoms with E-state index in [1.54, 1.807) is 18.3 Å². The lowest BCUT2D eigenvalue weighted by atomic mass is 10.2. The van der Waals surface area contributed by atoms with Crippen LogP contribution >= 0.6 is 0 Å². The highest BCUT2D eigenvalue weighted by atomic mass is 16.3. The van der Waals surface area contributed by atoms with E-state index >= 15 is 0 Å². The quantitative estimate of drug-likeness (QED) is 0.761. The number of nitrogens with one attached hydrogen (secondary N) is 1. The molecular formula is C16H15N3O. The topological polar surface area (TPSA) is 50.1 Å². The molecule has 0 aliphatic heterocycles. The Morgan fingerprint density at radius 2 is 1.90 bits per heavy atom. The first-order chi connectivity index (χ1) is 9.81. The van der Waals surface area contributed by atoms with Gasteiger partial charge in [-0.1, -0.05) is 18.2 Å². The van der Waals surface area contributed by atoms with Crippen molar-refractivity contribution in [1.82, 2.24) is 9.78 Å². The van der Waals surface area contributed by atoms with Gasteiger partial charge in [-0.25, -0.2) is 4.68 Å². The van der Waals surface area contributed by atoms with E-state index in [1.165, 1.54) is 0 Å². The number of anilines is 1. The lowest BCUT2D eigenvalue weighted by Gasteiger charge is -2.09. The lowest BCUT2D eigenvalue weighted by molar-refractivity contribution is 0.475. The molecule has 0 aliphatic rings. The molecule has 3 aromatic rings. The maximum absolute atomic E-state index is 9.25. The molecule has 0 fully saturated rings. The van der Waals surface area contributed by atoms with E-state index in [-0.39, 0.29) is 5.75 Å². The summed E-state index contributed by atoms with van der Waals surface area (Å²) in [6, 6.07) is 17.2. The van der Waals surface area contributed by atoms with Gasteiger partial charge in [-0.15, -0.1) is 0 Å². The first-order valence-corrected chi connectivity index (χ1v) is 6.43. The second kappa shape index (κ2) is 5.48. The fourth-order valence-corrected chi connectivity index (χ4v) is 2.00. The fourth-order valence-electron chi connectivity index (χ4n) is 2.00. The van der Waals surface area contributed by atoms with Gasteiger partial charge in [-0.2, -0.15) is 5.10 Å². The minimum atomic E-state index is 0.287. The van der Waals surface area contributed by atoms with E-state index in [1.807, 2.05) is 53.3 Å². The van der Waals surface area contributed by atoms with Gasteiger partial charge in [0.05, 0.1) is 5.69 Å². The Kier molecular flexibility index (Phi) is 3.37. The van der Waals surface area contributed by atoms with Gasteiger partial charge in [-0.05, 0) is 42.0 Å². The van der Waals surface area contributed by atoms with E-state index in [0.717, 1.165) is 16.9 Å². The van der Waals surface area contributed by atoms with Gasteiger partial charge in [0, 0.05) is 24.6 Å². The Balaban J connectivity index is 1.72. The Morgan fingerprint density at radius 1 is 1.05 bits per heavy atom. The smallest absolute Gasteiger partial charge is 0.115 e. The van der Waals surface area contributed by atoms with Gasteiger partial charge in [0.25, 0.3) is 0 Å². The summed E-state index contributed by atoms with van der Waals surface area (Å²) in [5, 5.41) is 16.8. The predicted molar refractivity (Wildman–Crippen MR) is 79.0 cm³/mol. The number of hydrogen-bond acceptors (Lipinski definition) is 3. The van der Waals surface area contributed by atoms with E-state index < -0.39 is 0 Å². The normalized spacial score (nSPS) is 10.4. The number of benzene rings is 2. The number of nitrogens with zero attached hydrogens (tertiary/aromatic N) is 2. The van der Waals surface area contributed by atoms with Crippen LogP contribution in [0, 0.1) is 0 Å². The number of aromatic hydroxyl groups is 1. The number of phenolic OH excluding ortho intramolecular Hbond substituents is 1. The van der Waals surface area contributed by atoms with Crippen LogP contribution in [0.2, 0.25) is 0 Å². The van der Waals surface area contributed by atoms with Crippen molar-refractivity contribution in [2.24, 2.45) is 0 Å². The molecule has 0 saturated heterocycles. The summed E-state index contributed by atoms with van der Waals surface area (Å²) in [6.45, 7) is 0.711. The Labute approximate surface area is 117 Å². The Bertz CT molecular complexity index is 675. The molecule has 1 heterocycles. The van der Waals surface area contributed by atoms with E-state index in [0.29, 0.717) is 6.54 Å². The number of aromatic nitrogens is 2. The number of phenols is 1. The molecule has 0 unspecified atom stereocenters. The maximum Gasteiger partial charge on any atom is 0.115 e. The van der Waals surface area contributed by atoms with Crippen LogP contribution in [0.4, 0.5) is 5.69 Å². The minimum Gasteiger partial charge on any atom is -0.508 e. The summed E-state index contributed by atoms with van der Waals surface area (Å²) < 4.78 is 1.83. The van der Waals surface area contributed by atoms with E-state index in [9.17, 15) is 5.11 Å². The third-order valence-corrected chi connectivity index (χ3v) is 3.05. The van der Waals surface area contributed by atoms with E-state index in [2.05, 4.69) is 10.4 Å². The Hall–Kier alpha value is -2.75. The van der Waals surface area contributed by atoms with E-state index in [4.69, 9.17) is 0 Å². The van der Waals surface area contributed by atoms with Crippen molar-refractivity contribution in [3.8, 4) is 11.4 Å². The number of hydrogen-bond donors (Lipinski definition) is 2. The van der Waals surface area contributed by atoms with Crippen LogP contribution in [-0.4, -0.2) is 14.9 Å². The van der Waals surface area contributed by atoms with Crippen LogP contribution < -0.4 is 5.32 Å². The van der Waals surface area contributed by atoms with Gasteiger partial charge in [-0.3, -0.25) is 0 Å². The zero-order valence-electron chi connectivity index (χ0n) is 10.9. The lowest BCUT2D eigenvalue weighted by Crippen LogP contribution is -2.00. The molecule has 0 spiro atoms. The second-order valence-corrected chi connectivity index (χ2v) is 4.52. The van der Waals surface area contributed by atoms with Crippen LogP contribution in [0.5, 0.6) is 5.75 Å². The van der Waals surface area contributed by atoms with Crippen molar-refractivity contribution in [2.45, 2.75) is 6.54 Å². The summed E-state index contributed by atoms with van der Waals surface area (Å²) in [6.07, 6.45) is 3.68. The molecule has 4 nitrogen and oxygen atoms in total. The van der Waals surface area contributed by atoms with Gasteiger partial charge in [0.2, 0.25) is 0 Å². The van der Waals surface area contributed by atoms with Gasteiger partial charge < -0.3 is 10.4 Å². The van der Waals surface area contributed by atoms with Gasteiger partial charge in [0.15, 0.2) is 0 Å². The van der Waals surface area contributed by atoms with Crippen molar-refractivity contribution in [3.05, 3.63) is 72.6 Å². The molecule has 2 aromatic carbocycles. The highest BCUT2D eigenvalue weighted by Crippen LogP contribution is 2.16. The molecule has 100 valence electrons. The molecular weight excluding hydrogens is 250 g/mol. The monoisotopic (exact) mass is 265 g/mol. The molecule has 0 radical (unpaired) electrons. The molecule has 0 saturated carbocycles. The second-order valence-electron chi connectivity index (χ2n) is 4.52. The first-order valence-electron chi connectivity index (χ1n) is 6.43. The predicted octanol–water partition coefficient (Wildman–Crippen LogP) is 3.19. The molecule has 0 atom stereocenters. The zero-order chi connectivity index (χ0) is 13.8. The maximum atomic E-state index is 9.25. The summed E-state index contributed by atoms with van der Waals surface area (Å²) in [5.74, 6) is 0.287. The fraction of sp³-hybridized carbons (Fsp3) is 0.0625. The van der Waals surface area contributed by atoms with Crippen LogP contribution in [0.25, 0.3) is 5.69 Å². The van der Waals surface area contributed by atoms with Gasteiger partial charge in [0.1, 0.15) is 5.75 Å². The summed E-state index contributed by atoms with van der Waals surface area (Å²) >= 11 is 0. The molecule has 2 N–H and O–H groups in total. The molecule has 1 aromatic heterocycles. The summed E-state index contributed by atoms with van der Waals surface area (Å²) in [5.41, 5.74) is 3.17. The van der Waals surface area contributed by atoms with Crippen LogP contribution in [0.3, 0.4) is 0 Å². The minimum absolute atomic E-state index is 0.287. The van der Waals surface area contributed by atoms with Crippen molar-refractivity contribution >= 4 is 5.69 Å².